The van der Waals surface area contributed by atoms with Gasteiger partial charge in [0.05, 0.1) is 14.2 Å². The Labute approximate surface area is 150 Å². The second-order valence-corrected chi connectivity index (χ2v) is 5.81. The molecular formula is C19H18N2O5. The molecule has 134 valence electrons. The third-order valence-corrected chi connectivity index (χ3v) is 4.30. The van der Waals surface area contributed by atoms with Crippen LogP contribution in [0.3, 0.4) is 0 Å². The molecule has 26 heavy (non-hydrogen) atoms. The number of hydrogen-bond acceptors (Lipinski definition) is 5. The largest absolute Gasteiger partial charge is 0.497 e. The molecule has 1 N–H and O–H groups in total. The van der Waals surface area contributed by atoms with Gasteiger partial charge in [0.15, 0.2) is 0 Å². The van der Waals surface area contributed by atoms with Gasteiger partial charge in [-0.05, 0) is 42.0 Å². The molecule has 0 fully saturated rings. The predicted molar refractivity (Wildman–Crippen MR) is 94.5 cm³/mol. The van der Waals surface area contributed by atoms with Crippen LogP contribution in [0.1, 0.15) is 21.8 Å². The first-order chi connectivity index (χ1) is 12.5. The molecule has 2 aromatic carbocycles. The first-order valence-electron chi connectivity index (χ1n) is 7.91. The molecular weight excluding hydrogens is 336 g/mol. The summed E-state index contributed by atoms with van der Waals surface area (Å²) in [6.45, 7) is 0. The van der Waals surface area contributed by atoms with Crippen LogP contribution in [-0.4, -0.2) is 43.9 Å². The Kier molecular flexibility index (Phi) is 4.62. The number of nitrogens with zero attached hydrogens (tertiary/aromatic N) is 1. The molecule has 1 unspecified atom stereocenters. The van der Waals surface area contributed by atoms with Crippen molar-refractivity contribution in [2.24, 2.45) is 0 Å². The summed E-state index contributed by atoms with van der Waals surface area (Å²) < 4.78 is 10.2. The van der Waals surface area contributed by atoms with E-state index in [0.717, 1.165) is 4.90 Å². The summed E-state index contributed by atoms with van der Waals surface area (Å²) in [5.41, 5.74) is 1.17. The van der Waals surface area contributed by atoms with Gasteiger partial charge in [0, 0.05) is 18.3 Å². The Bertz CT molecular complexity index is 876. The van der Waals surface area contributed by atoms with Crippen molar-refractivity contribution in [2.75, 3.05) is 26.6 Å². The monoisotopic (exact) mass is 354 g/mol. The van der Waals surface area contributed by atoms with Crippen molar-refractivity contribution >= 4 is 23.4 Å². The fraction of sp³-hybridized carbons (Fsp3) is 0.211. The quantitative estimate of drug-likeness (QED) is 0.671. The number of carbonyl (C=O) groups is 3. The lowest BCUT2D eigenvalue weighted by Crippen LogP contribution is -2.46. The van der Waals surface area contributed by atoms with E-state index < -0.39 is 23.6 Å². The van der Waals surface area contributed by atoms with Crippen LogP contribution in [0, 0.1) is 0 Å². The van der Waals surface area contributed by atoms with Crippen LogP contribution >= 0.6 is 0 Å². The Hall–Kier alpha value is -3.35. The van der Waals surface area contributed by atoms with E-state index in [1.165, 1.54) is 20.2 Å². The summed E-state index contributed by atoms with van der Waals surface area (Å²) in [7, 11) is 4.39. The van der Waals surface area contributed by atoms with E-state index in [9.17, 15) is 14.4 Å². The number of nitrogens with one attached hydrogen (secondary N) is 1. The van der Waals surface area contributed by atoms with Crippen molar-refractivity contribution in [2.45, 2.75) is 5.92 Å². The average molecular weight is 354 g/mol. The van der Waals surface area contributed by atoms with Crippen LogP contribution in [0.15, 0.2) is 42.5 Å². The summed E-state index contributed by atoms with van der Waals surface area (Å²) >= 11 is 0. The van der Waals surface area contributed by atoms with E-state index >= 15 is 0 Å². The van der Waals surface area contributed by atoms with E-state index in [4.69, 9.17) is 9.47 Å². The minimum atomic E-state index is -1.11. The number of ether oxygens (including phenoxy) is 2. The van der Waals surface area contributed by atoms with Gasteiger partial charge in [-0.25, -0.2) is 0 Å². The fourth-order valence-corrected chi connectivity index (χ4v) is 2.85. The van der Waals surface area contributed by atoms with Crippen LogP contribution in [0.2, 0.25) is 0 Å². The summed E-state index contributed by atoms with van der Waals surface area (Å²) in [4.78, 5) is 38.7. The first-order valence-corrected chi connectivity index (χ1v) is 7.91. The normalized spacial score (nSPS) is 16.1. The second-order valence-electron chi connectivity index (χ2n) is 5.81. The van der Waals surface area contributed by atoms with E-state index in [1.807, 2.05) is 0 Å². The highest BCUT2D eigenvalue weighted by Crippen LogP contribution is 2.32. The highest BCUT2D eigenvalue weighted by atomic mass is 16.5. The maximum atomic E-state index is 12.8. The number of rotatable bonds is 4. The van der Waals surface area contributed by atoms with Crippen LogP contribution < -0.4 is 14.8 Å². The van der Waals surface area contributed by atoms with E-state index in [2.05, 4.69) is 5.32 Å². The highest BCUT2D eigenvalue weighted by molar-refractivity contribution is 6.21. The zero-order valence-corrected chi connectivity index (χ0v) is 14.6. The van der Waals surface area contributed by atoms with Crippen LogP contribution in [-0.2, 0) is 9.59 Å². The zero-order valence-electron chi connectivity index (χ0n) is 14.6. The molecule has 0 bridgehead atoms. The van der Waals surface area contributed by atoms with Crippen molar-refractivity contribution < 1.29 is 23.9 Å². The van der Waals surface area contributed by atoms with Crippen LogP contribution in [0.4, 0.5) is 5.69 Å². The summed E-state index contributed by atoms with van der Waals surface area (Å²) in [5.74, 6) is -1.52. The molecule has 1 atom stereocenters. The molecule has 2 aromatic rings. The number of benzene rings is 2. The number of amides is 3. The van der Waals surface area contributed by atoms with Gasteiger partial charge in [-0.15, -0.1) is 0 Å². The van der Waals surface area contributed by atoms with Crippen LogP contribution in [0.25, 0.3) is 0 Å². The molecule has 1 aliphatic heterocycles. The van der Waals surface area contributed by atoms with Crippen molar-refractivity contribution in [3.63, 3.8) is 0 Å². The van der Waals surface area contributed by atoms with Crippen molar-refractivity contribution in [1.29, 1.82) is 0 Å². The molecule has 7 nitrogen and oxygen atoms in total. The Morgan fingerprint density at radius 2 is 1.62 bits per heavy atom. The van der Waals surface area contributed by atoms with E-state index in [-0.39, 0.29) is 5.56 Å². The molecule has 1 heterocycles. The maximum Gasteiger partial charge on any atom is 0.260 e. The minimum Gasteiger partial charge on any atom is -0.497 e. The lowest BCUT2D eigenvalue weighted by Gasteiger charge is -2.29. The molecule has 7 heteroatoms. The van der Waals surface area contributed by atoms with Gasteiger partial charge in [-0.1, -0.05) is 6.07 Å². The number of hydrogen-bond donors (Lipinski definition) is 1. The smallest absolute Gasteiger partial charge is 0.260 e. The fourth-order valence-electron chi connectivity index (χ4n) is 2.85. The summed E-state index contributed by atoms with van der Waals surface area (Å²) in [6, 6.07) is 11.5. The van der Waals surface area contributed by atoms with Crippen molar-refractivity contribution in [1.82, 2.24) is 4.90 Å². The standard InChI is InChI=1S/C19H18N2O5/c1-21-18(23)15-10-13(26-3)8-9-14(15)16(19(21)24)17(22)20-11-4-6-12(25-2)7-5-11/h4-10,16H,1-3H3,(H,20,22). The Morgan fingerprint density at radius 1 is 1.00 bits per heavy atom. The third-order valence-electron chi connectivity index (χ3n) is 4.30. The number of carbonyl (C=O) groups excluding carboxylic acids is 3. The van der Waals surface area contributed by atoms with Gasteiger partial charge in [0.25, 0.3) is 5.91 Å². The number of imide groups is 1. The second kappa shape index (κ2) is 6.87. The number of methoxy groups -OCH3 is 2. The van der Waals surface area contributed by atoms with Gasteiger partial charge in [-0.3, -0.25) is 19.3 Å². The number of likely N-dealkylation sites (N-methyl/N-ethyl adjacent to an activating group) is 1. The van der Waals surface area contributed by atoms with E-state index in [1.54, 1.807) is 43.5 Å². The van der Waals surface area contributed by atoms with Gasteiger partial charge in [0.1, 0.15) is 17.4 Å². The molecule has 0 spiro atoms. The molecule has 3 amide bonds. The maximum absolute atomic E-state index is 12.8. The SMILES string of the molecule is COc1ccc(NC(=O)C2C(=O)N(C)C(=O)c3cc(OC)ccc32)cc1. The lowest BCUT2D eigenvalue weighted by atomic mass is 9.87. The average Bonchev–Trinajstić information content (AvgIpc) is 2.66. The minimum absolute atomic E-state index is 0.279. The summed E-state index contributed by atoms with van der Waals surface area (Å²) in [6.07, 6.45) is 0. The Balaban J connectivity index is 1.95. The predicted octanol–water partition coefficient (Wildman–Crippen LogP) is 2.04. The van der Waals surface area contributed by atoms with Crippen molar-refractivity contribution in [3.05, 3.63) is 53.6 Å². The molecule has 0 radical (unpaired) electrons. The number of fused-ring (bicyclic) bond motifs is 1. The van der Waals surface area contributed by atoms with Gasteiger partial charge >= 0.3 is 0 Å². The van der Waals surface area contributed by atoms with Crippen LogP contribution in [0.5, 0.6) is 11.5 Å². The van der Waals surface area contributed by atoms with Gasteiger partial charge in [0.2, 0.25) is 11.8 Å². The Morgan fingerprint density at radius 3 is 2.23 bits per heavy atom. The molecule has 0 aliphatic carbocycles. The number of anilines is 1. The molecule has 0 saturated heterocycles. The molecule has 0 saturated carbocycles. The molecule has 0 aromatic heterocycles. The van der Waals surface area contributed by atoms with E-state index in [0.29, 0.717) is 22.7 Å². The van der Waals surface area contributed by atoms with Gasteiger partial charge < -0.3 is 14.8 Å². The highest BCUT2D eigenvalue weighted by Gasteiger charge is 2.41. The zero-order chi connectivity index (χ0) is 18.8. The van der Waals surface area contributed by atoms with Gasteiger partial charge in [-0.2, -0.15) is 0 Å². The molecule has 3 rings (SSSR count). The first kappa shape index (κ1) is 17.5. The lowest BCUT2D eigenvalue weighted by molar-refractivity contribution is -0.134. The molecule has 1 aliphatic rings. The topological polar surface area (TPSA) is 84.9 Å². The van der Waals surface area contributed by atoms with Crippen molar-refractivity contribution in [3.8, 4) is 11.5 Å². The summed E-state index contributed by atoms with van der Waals surface area (Å²) in [5, 5.41) is 2.71. The third kappa shape index (κ3) is 2.99.